The van der Waals surface area contributed by atoms with Crippen molar-refractivity contribution in [1.82, 2.24) is 0 Å². The molecule has 0 N–H and O–H groups in total. The van der Waals surface area contributed by atoms with E-state index in [1.54, 1.807) is 0 Å². The van der Waals surface area contributed by atoms with E-state index in [-0.39, 0.29) is 11.3 Å². The van der Waals surface area contributed by atoms with Crippen molar-refractivity contribution in [2.24, 2.45) is 0 Å². The lowest BCUT2D eigenvalue weighted by Crippen LogP contribution is -1.99. The van der Waals surface area contributed by atoms with Crippen LogP contribution in [0.15, 0.2) is 18.2 Å². The Kier molecular flexibility index (Phi) is 3.36. The Morgan fingerprint density at radius 1 is 1.54 bits per heavy atom. The third kappa shape index (κ3) is 2.24. The summed E-state index contributed by atoms with van der Waals surface area (Å²) in [5.74, 6) is -0.520. The van der Waals surface area contributed by atoms with Crippen molar-refractivity contribution in [2.45, 2.75) is 6.42 Å². The number of nitro benzene ring substituents is 1. The fourth-order valence-corrected chi connectivity index (χ4v) is 1.46. The van der Waals surface area contributed by atoms with Gasteiger partial charge in [-0.2, -0.15) is 0 Å². The smallest absolute Gasteiger partial charge is 0.258 e. The van der Waals surface area contributed by atoms with Gasteiger partial charge in [-0.25, -0.2) is 4.39 Å². The van der Waals surface area contributed by atoms with Crippen LogP contribution in [0.25, 0.3) is 0 Å². The van der Waals surface area contributed by atoms with Gasteiger partial charge in [-0.1, -0.05) is 22.0 Å². The molecule has 0 bridgehead atoms. The van der Waals surface area contributed by atoms with Crippen LogP contribution in [0.3, 0.4) is 0 Å². The molecule has 5 heteroatoms. The summed E-state index contributed by atoms with van der Waals surface area (Å²) in [6, 6.07) is 3.87. The van der Waals surface area contributed by atoms with Gasteiger partial charge in [-0.05, 0) is 12.5 Å². The van der Waals surface area contributed by atoms with Gasteiger partial charge < -0.3 is 0 Å². The molecule has 0 spiro atoms. The van der Waals surface area contributed by atoms with E-state index in [4.69, 9.17) is 0 Å². The molecular weight excluding hydrogens is 241 g/mol. The van der Waals surface area contributed by atoms with Gasteiger partial charge in [0, 0.05) is 11.4 Å². The molecule has 0 heterocycles. The Morgan fingerprint density at radius 3 is 2.77 bits per heavy atom. The Labute approximate surface area is 82.8 Å². The van der Waals surface area contributed by atoms with Gasteiger partial charge in [0.25, 0.3) is 5.69 Å². The minimum atomic E-state index is -0.568. The van der Waals surface area contributed by atoms with E-state index >= 15 is 0 Å². The van der Waals surface area contributed by atoms with Crippen molar-refractivity contribution in [2.75, 3.05) is 5.33 Å². The highest BCUT2D eigenvalue weighted by molar-refractivity contribution is 9.09. The minimum absolute atomic E-state index is 0.153. The quantitative estimate of drug-likeness (QED) is 0.468. The molecule has 0 aliphatic heterocycles. The number of rotatable bonds is 3. The van der Waals surface area contributed by atoms with E-state index in [9.17, 15) is 14.5 Å². The van der Waals surface area contributed by atoms with E-state index in [2.05, 4.69) is 15.9 Å². The summed E-state index contributed by atoms with van der Waals surface area (Å²) in [5.41, 5.74) is 0.00354. The summed E-state index contributed by atoms with van der Waals surface area (Å²) in [4.78, 5) is 9.90. The van der Waals surface area contributed by atoms with E-state index in [0.717, 1.165) is 0 Å². The van der Waals surface area contributed by atoms with Gasteiger partial charge in [-0.3, -0.25) is 10.1 Å². The van der Waals surface area contributed by atoms with Gasteiger partial charge in [0.1, 0.15) is 5.82 Å². The number of hydrogen-bond acceptors (Lipinski definition) is 2. The van der Waals surface area contributed by atoms with Crippen molar-refractivity contribution in [3.8, 4) is 0 Å². The summed E-state index contributed by atoms with van der Waals surface area (Å²) in [6.07, 6.45) is 0.322. The molecule has 0 unspecified atom stereocenters. The van der Waals surface area contributed by atoms with Gasteiger partial charge in [-0.15, -0.1) is 0 Å². The third-order valence-corrected chi connectivity index (χ3v) is 2.03. The molecular formula is C8H7BrFNO2. The molecule has 1 aromatic rings. The van der Waals surface area contributed by atoms with Crippen molar-refractivity contribution < 1.29 is 9.31 Å². The zero-order valence-electron chi connectivity index (χ0n) is 6.67. The first-order valence-electron chi connectivity index (χ1n) is 3.64. The summed E-state index contributed by atoms with van der Waals surface area (Å²) < 4.78 is 13.1. The van der Waals surface area contributed by atoms with E-state index in [1.165, 1.54) is 18.2 Å². The van der Waals surface area contributed by atoms with Crippen LogP contribution in [-0.2, 0) is 6.42 Å². The second-order valence-corrected chi connectivity index (χ2v) is 3.23. The molecule has 0 fully saturated rings. The zero-order chi connectivity index (χ0) is 9.84. The summed E-state index contributed by atoms with van der Waals surface area (Å²) in [6.45, 7) is 0. The predicted octanol–water partition coefficient (Wildman–Crippen LogP) is 2.67. The minimum Gasteiger partial charge on any atom is -0.258 e. The monoisotopic (exact) mass is 247 g/mol. The normalized spacial score (nSPS) is 10.0. The molecule has 0 aliphatic carbocycles. The molecule has 1 rings (SSSR count). The average Bonchev–Trinajstić information content (AvgIpc) is 2.08. The van der Waals surface area contributed by atoms with Crippen LogP contribution in [0.1, 0.15) is 5.56 Å². The van der Waals surface area contributed by atoms with Gasteiger partial charge in [0.2, 0.25) is 0 Å². The Balaban J connectivity index is 3.17. The van der Waals surface area contributed by atoms with Gasteiger partial charge in [0.15, 0.2) is 0 Å². The topological polar surface area (TPSA) is 43.1 Å². The Bertz CT molecular complexity index is 330. The van der Waals surface area contributed by atoms with Gasteiger partial charge >= 0.3 is 0 Å². The first-order valence-corrected chi connectivity index (χ1v) is 4.76. The molecule has 0 radical (unpaired) electrons. The maximum Gasteiger partial charge on any atom is 0.275 e. The van der Waals surface area contributed by atoms with Crippen LogP contribution in [0, 0.1) is 15.9 Å². The first-order chi connectivity index (χ1) is 6.16. The maximum atomic E-state index is 13.1. The molecule has 0 saturated heterocycles. The molecule has 3 nitrogen and oxygen atoms in total. The number of hydrogen-bond donors (Lipinski definition) is 0. The van der Waals surface area contributed by atoms with E-state index in [1.807, 2.05) is 0 Å². The highest BCUT2D eigenvalue weighted by Crippen LogP contribution is 2.21. The SMILES string of the molecule is O=[N+]([O-])c1cccc(F)c1CCBr. The van der Waals surface area contributed by atoms with Crippen molar-refractivity contribution in [3.05, 3.63) is 39.7 Å². The summed E-state index contributed by atoms with van der Waals surface area (Å²) in [7, 11) is 0. The van der Waals surface area contributed by atoms with Crippen LogP contribution in [0.5, 0.6) is 0 Å². The highest BCUT2D eigenvalue weighted by Gasteiger charge is 2.16. The molecule has 0 saturated carbocycles. The lowest BCUT2D eigenvalue weighted by molar-refractivity contribution is -0.385. The highest BCUT2D eigenvalue weighted by atomic mass is 79.9. The van der Waals surface area contributed by atoms with Crippen LogP contribution in [0.2, 0.25) is 0 Å². The molecule has 1 aromatic carbocycles. The molecule has 0 aromatic heterocycles. The second-order valence-electron chi connectivity index (χ2n) is 2.43. The van der Waals surface area contributed by atoms with Gasteiger partial charge in [0.05, 0.1) is 10.5 Å². The zero-order valence-corrected chi connectivity index (χ0v) is 8.25. The van der Waals surface area contributed by atoms with Crippen LogP contribution < -0.4 is 0 Å². The lowest BCUT2D eigenvalue weighted by Gasteiger charge is -2.00. The number of benzene rings is 1. The predicted molar refractivity (Wildman–Crippen MR) is 50.6 cm³/mol. The number of alkyl halides is 1. The van der Waals surface area contributed by atoms with E-state index in [0.29, 0.717) is 11.8 Å². The average molecular weight is 248 g/mol. The molecule has 0 atom stereocenters. The van der Waals surface area contributed by atoms with Crippen molar-refractivity contribution in [3.63, 3.8) is 0 Å². The Morgan fingerprint density at radius 2 is 2.23 bits per heavy atom. The van der Waals surface area contributed by atoms with Crippen LogP contribution >= 0.6 is 15.9 Å². The molecule has 70 valence electrons. The van der Waals surface area contributed by atoms with Crippen molar-refractivity contribution in [1.29, 1.82) is 0 Å². The van der Waals surface area contributed by atoms with E-state index < -0.39 is 10.7 Å². The van der Waals surface area contributed by atoms with Crippen LogP contribution in [0.4, 0.5) is 10.1 Å². The van der Waals surface area contributed by atoms with Crippen LogP contribution in [-0.4, -0.2) is 10.3 Å². The second kappa shape index (κ2) is 4.32. The standard InChI is InChI=1S/C8H7BrFNO2/c9-5-4-6-7(10)2-1-3-8(6)11(12)13/h1-3H,4-5H2. The summed E-state index contributed by atoms with van der Waals surface area (Å²) in [5, 5.41) is 11.0. The third-order valence-electron chi connectivity index (χ3n) is 1.64. The number of halogens is 2. The van der Waals surface area contributed by atoms with Crippen molar-refractivity contribution >= 4 is 21.6 Å². The summed E-state index contributed by atoms with van der Waals surface area (Å²) >= 11 is 3.11. The molecule has 0 aliphatic rings. The fraction of sp³-hybridized carbons (Fsp3) is 0.250. The fourth-order valence-electron chi connectivity index (χ4n) is 1.06. The maximum absolute atomic E-state index is 13.1. The number of nitro groups is 1. The first kappa shape index (κ1) is 10.1. The molecule has 13 heavy (non-hydrogen) atoms. The number of nitrogens with zero attached hydrogens (tertiary/aromatic N) is 1. The molecule has 0 amide bonds. The largest absolute Gasteiger partial charge is 0.275 e. The lowest BCUT2D eigenvalue weighted by atomic mass is 10.1. The Hall–Kier alpha value is -0.970.